The van der Waals surface area contributed by atoms with Gasteiger partial charge in [-0.15, -0.1) is 0 Å². The molecule has 0 spiro atoms. The van der Waals surface area contributed by atoms with Crippen molar-refractivity contribution >= 4 is 16.0 Å². The van der Waals surface area contributed by atoms with E-state index in [9.17, 15) is 18.3 Å². The van der Waals surface area contributed by atoms with Gasteiger partial charge >= 0.3 is 5.97 Å². The molecule has 0 aliphatic carbocycles. The number of benzene rings is 1. The van der Waals surface area contributed by atoms with E-state index in [0.717, 1.165) is 12.5 Å². The van der Waals surface area contributed by atoms with Gasteiger partial charge < -0.3 is 9.67 Å². The highest BCUT2D eigenvalue weighted by molar-refractivity contribution is 7.89. The van der Waals surface area contributed by atoms with E-state index in [0.29, 0.717) is 17.9 Å². The summed E-state index contributed by atoms with van der Waals surface area (Å²) in [4.78, 5) is 15.3. The number of primary sulfonamides is 1. The Morgan fingerprint density at radius 2 is 2.14 bits per heavy atom. The molecular weight excluding hydrogens is 294 g/mol. The summed E-state index contributed by atoms with van der Waals surface area (Å²) in [6.45, 7) is 1.99. The second-order valence-electron chi connectivity index (χ2n) is 4.49. The number of carboxylic acids is 1. The van der Waals surface area contributed by atoms with Crippen LogP contribution < -0.4 is 5.14 Å². The summed E-state index contributed by atoms with van der Waals surface area (Å²) >= 11 is 0. The Morgan fingerprint density at radius 3 is 2.71 bits per heavy atom. The van der Waals surface area contributed by atoms with Gasteiger partial charge in [-0.1, -0.05) is 6.92 Å². The van der Waals surface area contributed by atoms with E-state index in [1.807, 2.05) is 6.92 Å². The van der Waals surface area contributed by atoms with Crippen molar-refractivity contribution in [1.29, 1.82) is 0 Å². The zero-order valence-corrected chi connectivity index (χ0v) is 12.2. The minimum Gasteiger partial charge on any atom is -0.478 e. The number of carboxylic acid groups (broad SMARTS) is 1. The number of imidazole rings is 1. The van der Waals surface area contributed by atoms with Crippen molar-refractivity contribution in [2.75, 3.05) is 0 Å². The molecule has 0 unspecified atom stereocenters. The van der Waals surface area contributed by atoms with E-state index < -0.39 is 16.0 Å². The van der Waals surface area contributed by atoms with Gasteiger partial charge in [0.15, 0.2) is 0 Å². The highest BCUT2D eigenvalue weighted by Crippen LogP contribution is 2.21. The van der Waals surface area contributed by atoms with Crippen molar-refractivity contribution in [3.63, 3.8) is 0 Å². The number of nitrogens with zero attached hydrogens (tertiary/aromatic N) is 2. The third kappa shape index (κ3) is 3.11. The molecule has 7 nitrogen and oxygen atoms in total. The molecular formula is C13H15N3O4S. The second kappa shape index (κ2) is 5.66. The molecule has 1 heterocycles. The first-order chi connectivity index (χ1) is 9.84. The van der Waals surface area contributed by atoms with Crippen molar-refractivity contribution in [2.45, 2.75) is 24.7 Å². The van der Waals surface area contributed by atoms with Crippen LogP contribution in [0.4, 0.5) is 0 Å². The highest BCUT2D eigenvalue weighted by Gasteiger charge is 2.18. The Morgan fingerprint density at radius 1 is 1.43 bits per heavy atom. The van der Waals surface area contributed by atoms with E-state index in [4.69, 9.17) is 5.14 Å². The van der Waals surface area contributed by atoms with Gasteiger partial charge in [0.1, 0.15) is 5.82 Å². The normalized spacial score (nSPS) is 11.5. The summed E-state index contributed by atoms with van der Waals surface area (Å²) in [5.74, 6) is -0.519. The molecule has 1 aromatic carbocycles. The number of aryl methyl sites for hydroxylation is 1. The van der Waals surface area contributed by atoms with Crippen LogP contribution in [-0.2, 0) is 16.4 Å². The van der Waals surface area contributed by atoms with E-state index in [1.54, 1.807) is 17.0 Å². The number of rotatable bonds is 5. The summed E-state index contributed by atoms with van der Waals surface area (Å²) in [6.07, 6.45) is 4.76. The fourth-order valence-electron chi connectivity index (χ4n) is 2.04. The minimum atomic E-state index is -3.95. The molecule has 0 amide bonds. The molecule has 2 aromatic rings. The zero-order chi connectivity index (χ0) is 15.6. The van der Waals surface area contributed by atoms with Crippen molar-refractivity contribution in [1.82, 2.24) is 9.55 Å². The van der Waals surface area contributed by atoms with Gasteiger partial charge in [0.05, 0.1) is 16.1 Å². The number of hydrogen-bond donors (Lipinski definition) is 2. The molecule has 0 saturated carbocycles. The zero-order valence-electron chi connectivity index (χ0n) is 11.4. The molecule has 21 heavy (non-hydrogen) atoms. The second-order valence-corrected chi connectivity index (χ2v) is 6.05. The molecule has 2 rings (SSSR count). The first kappa shape index (κ1) is 15.2. The van der Waals surface area contributed by atoms with Gasteiger partial charge in [-0.2, -0.15) is 0 Å². The van der Waals surface area contributed by atoms with Crippen molar-refractivity contribution in [3.05, 3.63) is 42.0 Å². The number of aromatic carboxylic acids is 1. The summed E-state index contributed by atoms with van der Waals surface area (Å²) in [6, 6.07) is 3.76. The summed E-state index contributed by atoms with van der Waals surface area (Å²) in [5, 5.41) is 14.3. The Kier molecular flexibility index (Phi) is 4.10. The number of nitrogens with two attached hydrogens (primary N) is 1. The van der Waals surface area contributed by atoms with Gasteiger partial charge in [-0.25, -0.2) is 23.3 Å². The van der Waals surface area contributed by atoms with Crippen LogP contribution in [0, 0.1) is 0 Å². The quantitative estimate of drug-likeness (QED) is 0.860. The number of carbonyl (C=O) groups is 1. The maximum Gasteiger partial charge on any atom is 0.337 e. The lowest BCUT2D eigenvalue weighted by molar-refractivity contribution is 0.0696. The Labute approximate surface area is 122 Å². The Bertz CT molecular complexity index is 780. The van der Waals surface area contributed by atoms with Gasteiger partial charge in [0, 0.05) is 18.8 Å². The molecule has 112 valence electrons. The van der Waals surface area contributed by atoms with Crippen LogP contribution in [0.1, 0.15) is 29.5 Å². The van der Waals surface area contributed by atoms with Crippen molar-refractivity contribution in [2.24, 2.45) is 5.14 Å². The Balaban J connectivity index is 2.64. The van der Waals surface area contributed by atoms with Gasteiger partial charge in [0.2, 0.25) is 10.0 Å². The molecule has 1 aromatic heterocycles. The van der Waals surface area contributed by atoms with Crippen molar-refractivity contribution < 1.29 is 18.3 Å². The average molecular weight is 309 g/mol. The lowest BCUT2D eigenvalue weighted by atomic mass is 10.1. The van der Waals surface area contributed by atoms with Crippen LogP contribution in [0.25, 0.3) is 5.69 Å². The predicted octanol–water partition coefficient (Wildman–Crippen LogP) is 1.17. The van der Waals surface area contributed by atoms with Crippen LogP contribution in [0.15, 0.2) is 35.5 Å². The van der Waals surface area contributed by atoms with E-state index >= 15 is 0 Å². The highest BCUT2D eigenvalue weighted by atomic mass is 32.2. The van der Waals surface area contributed by atoms with E-state index in [2.05, 4.69) is 4.98 Å². The molecule has 0 fully saturated rings. The first-order valence-corrected chi connectivity index (χ1v) is 7.82. The molecule has 0 bridgehead atoms. The average Bonchev–Trinajstić information content (AvgIpc) is 2.85. The van der Waals surface area contributed by atoms with Crippen LogP contribution >= 0.6 is 0 Å². The maximum atomic E-state index is 11.4. The third-order valence-electron chi connectivity index (χ3n) is 2.98. The van der Waals surface area contributed by atoms with Crippen molar-refractivity contribution in [3.8, 4) is 5.69 Å². The summed E-state index contributed by atoms with van der Waals surface area (Å²) in [7, 11) is -3.95. The molecule has 0 saturated heterocycles. The number of hydrogen-bond acceptors (Lipinski definition) is 4. The maximum absolute atomic E-state index is 11.4. The standard InChI is InChI=1S/C13H15N3O4S/c1-2-3-12-15-6-7-16(12)11-5-4-9(21(14,19)20)8-10(11)13(17)18/h4-8H,2-3H2,1H3,(H,17,18)(H2,14,19,20). The smallest absolute Gasteiger partial charge is 0.337 e. The molecule has 0 aliphatic rings. The third-order valence-corrected chi connectivity index (χ3v) is 3.89. The lowest BCUT2D eigenvalue weighted by Crippen LogP contribution is -2.15. The van der Waals surface area contributed by atoms with Crippen LogP contribution in [0.5, 0.6) is 0 Å². The monoisotopic (exact) mass is 309 g/mol. The minimum absolute atomic E-state index is 0.142. The van der Waals surface area contributed by atoms with Gasteiger partial charge in [0.25, 0.3) is 0 Å². The number of aromatic nitrogens is 2. The fraction of sp³-hybridized carbons (Fsp3) is 0.231. The van der Waals surface area contributed by atoms with Crippen LogP contribution in [0.2, 0.25) is 0 Å². The first-order valence-electron chi connectivity index (χ1n) is 6.27. The molecule has 3 N–H and O–H groups in total. The SMILES string of the molecule is CCCc1nccn1-c1ccc(S(N)(=O)=O)cc1C(=O)O. The number of sulfonamides is 1. The molecule has 0 aliphatic heterocycles. The summed E-state index contributed by atoms with van der Waals surface area (Å²) in [5.41, 5.74) is 0.215. The van der Waals surface area contributed by atoms with Gasteiger partial charge in [-0.3, -0.25) is 0 Å². The van der Waals surface area contributed by atoms with Crippen LogP contribution in [0.3, 0.4) is 0 Å². The lowest BCUT2D eigenvalue weighted by Gasteiger charge is -2.11. The molecule has 0 radical (unpaired) electrons. The predicted molar refractivity (Wildman–Crippen MR) is 75.9 cm³/mol. The fourth-order valence-corrected chi connectivity index (χ4v) is 2.58. The molecule has 0 atom stereocenters. The van der Waals surface area contributed by atoms with E-state index in [-0.39, 0.29) is 10.5 Å². The topological polar surface area (TPSA) is 115 Å². The summed E-state index contributed by atoms with van der Waals surface area (Å²) < 4.78 is 24.3. The largest absolute Gasteiger partial charge is 0.478 e. The van der Waals surface area contributed by atoms with Gasteiger partial charge in [-0.05, 0) is 24.6 Å². The molecule has 8 heteroatoms. The Hall–Kier alpha value is -2.19. The van der Waals surface area contributed by atoms with E-state index in [1.165, 1.54) is 12.1 Å². The van der Waals surface area contributed by atoms with Crippen LogP contribution in [-0.4, -0.2) is 29.0 Å².